The molecular formula is C34H40FN6O10S2+. The molecule has 16 nitrogen and oxygen atoms in total. The average Bonchev–Trinajstić information content (AvgIpc) is 3.55. The van der Waals surface area contributed by atoms with Gasteiger partial charge in [0.1, 0.15) is 17.9 Å². The number of carboxylic acids is 2. The van der Waals surface area contributed by atoms with E-state index in [0.29, 0.717) is 23.1 Å². The second kappa shape index (κ2) is 13.9. The van der Waals surface area contributed by atoms with Crippen LogP contribution in [-0.2, 0) is 24.0 Å². The van der Waals surface area contributed by atoms with Crippen LogP contribution in [0, 0.1) is 17.2 Å². The van der Waals surface area contributed by atoms with Crippen molar-refractivity contribution in [3.8, 4) is 11.5 Å². The number of thiazole rings is 1. The molecule has 53 heavy (non-hydrogen) atoms. The van der Waals surface area contributed by atoms with Gasteiger partial charge in [0, 0.05) is 59.4 Å². The first-order chi connectivity index (χ1) is 24.9. The van der Waals surface area contributed by atoms with E-state index >= 15 is 0 Å². The maximum Gasteiger partial charge on any atom is 0.352 e. The van der Waals surface area contributed by atoms with Crippen molar-refractivity contribution < 1.29 is 58.1 Å². The number of halogens is 1. The van der Waals surface area contributed by atoms with Crippen molar-refractivity contribution in [2.24, 2.45) is 16.5 Å². The molecule has 4 saturated heterocycles. The van der Waals surface area contributed by atoms with Crippen LogP contribution in [0.5, 0.6) is 11.5 Å². The van der Waals surface area contributed by atoms with Crippen LogP contribution < -0.4 is 11.1 Å². The lowest BCUT2D eigenvalue weighted by Crippen LogP contribution is -2.66. The number of hydrogen-bond donors (Lipinski definition) is 6. The number of nitrogens with two attached hydrogens (primary N) is 1. The van der Waals surface area contributed by atoms with Gasteiger partial charge in [0.2, 0.25) is 11.5 Å². The van der Waals surface area contributed by atoms with Crippen LogP contribution in [0.15, 0.2) is 33.9 Å². The number of aromatic hydroxyl groups is 2. The topological polar surface area (TPSA) is 242 Å². The zero-order valence-corrected chi connectivity index (χ0v) is 30.8. The number of fused-ring (bicyclic) bond motifs is 4. The minimum Gasteiger partial charge on any atom is -0.504 e. The number of benzene rings is 1. The zero-order valence-electron chi connectivity index (χ0n) is 29.1. The van der Waals surface area contributed by atoms with Gasteiger partial charge >= 0.3 is 11.9 Å². The predicted octanol–water partition coefficient (Wildman–Crippen LogP) is 2.51. The Morgan fingerprint density at radius 3 is 2.40 bits per heavy atom. The van der Waals surface area contributed by atoms with Crippen LogP contribution in [0.4, 0.5) is 9.52 Å². The number of carbonyl (C=O) groups excluding carboxylic acids is 3. The molecule has 2 bridgehead atoms. The predicted molar refractivity (Wildman–Crippen MR) is 189 cm³/mol. The van der Waals surface area contributed by atoms with Gasteiger partial charge < -0.3 is 40.8 Å². The summed E-state index contributed by atoms with van der Waals surface area (Å²) >= 11 is 2.45. The summed E-state index contributed by atoms with van der Waals surface area (Å²) in [5.74, 6) is -7.90. The van der Waals surface area contributed by atoms with Crippen molar-refractivity contribution in [2.75, 3.05) is 38.5 Å². The normalized spacial score (nSPS) is 26.9. The number of thioether (sulfide) groups is 1. The van der Waals surface area contributed by atoms with E-state index in [-0.39, 0.29) is 44.9 Å². The third kappa shape index (κ3) is 7.16. The van der Waals surface area contributed by atoms with E-state index in [4.69, 9.17) is 10.6 Å². The summed E-state index contributed by atoms with van der Waals surface area (Å²) in [7, 11) is 0. The third-order valence-electron chi connectivity index (χ3n) is 10.8. The molecular weight excluding hydrogens is 736 g/mol. The van der Waals surface area contributed by atoms with Crippen molar-refractivity contribution in [3.05, 3.63) is 45.9 Å². The smallest absolute Gasteiger partial charge is 0.352 e. The average molecular weight is 776 g/mol. The number of aromatic nitrogens is 1. The number of oxime groups is 1. The summed E-state index contributed by atoms with van der Waals surface area (Å²) in [5.41, 5.74) is 4.01. The van der Waals surface area contributed by atoms with Crippen LogP contribution in [0.1, 0.15) is 62.5 Å². The standard InChI is InChI=1S/C34H39FN6O10S2/c1-16-19(13-41-7-4-34(5-8-41,6-9-41)15-37-27(45)17-10-20(35)26(44)23(43)11-17)25(30(47)48)40-28(46)18(29(40)53-16)12-22(42)24(21-14-52-32(36)38-21)39-51-33(2,3)31(49)50/h10-11,14,16,18,29H,4-9,12-13,15H2,1-3H3,(H6-,36,37,38,39,42,43,44,45,47,48,49,50)/p+1/t16-,18+,29+,34?,41?/m0/s1. The Morgan fingerprint density at radius 1 is 1.17 bits per heavy atom. The van der Waals surface area contributed by atoms with E-state index < -0.39 is 63.7 Å². The number of β-lactam (4-membered cyclic amide) rings is 1. The number of carboxylic acid groups (broad SMARTS) is 2. The molecule has 4 fully saturated rings. The first kappa shape index (κ1) is 38.0. The lowest BCUT2D eigenvalue weighted by molar-refractivity contribution is -0.941. The fourth-order valence-corrected chi connectivity index (χ4v) is 9.45. The number of aliphatic carboxylic acids is 2. The molecule has 1 aromatic carbocycles. The summed E-state index contributed by atoms with van der Waals surface area (Å²) in [6.07, 6.45) is 1.90. The third-order valence-corrected chi connectivity index (χ3v) is 13.0. The van der Waals surface area contributed by atoms with Gasteiger partial charge in [-0.25, -0.2) is 19.0 Å². The number of hydrogen-bond acceptors (Lipinski definition) is 13. The number of carbonyl (C=O) groups is 5. The molecule has 0 saturated carbocycles. The fraction of sp³-hybridized carbons (Fsp3) is 0.500. The Bertz CT molecular complexity index is 1920. The highest BCUT2D eigenvalue weighted by atomic mass is 32.2. The fourth-order valence-electron chi connectivity index (χ4n) is 7.40. The van der Waals surface area contributed by atoms with Gasteiger partial charge in [-0.15, -0.1) is 23.1 Å². The maximum absolute atomic E-state index is 13.9. The SMILES string of the molecule is C[C@@H]1S[C@@H]2[C@H](CC(=O)/C(=N\OC(C)(C)C(=O)O)c3csc(N)n3)C(=O)N2C(C(=O)O)=C1C[N+]12CCC(CNC(=O)c3cc(O)c(O)c(F)c3)(CC1)CC2. The van der Waals surface area contributed by atoms with Crippen molar-refractivity contribution in [1.29, 1.82) is 0 Å². The van der Waals surface area contributed by atoms with Gasteiger partial charge in [-0.2, -0.15) is 0 Å². The molecule has 1 aromatic heterocycles. The summed E-state index contributed by atoms with van der Waals surface area (Å²) < 4.78 is 14.5. The molecule has 6 heterocycles. The molecule has 0 aliphatic carbocycles. The lowest BCUT2D eigenvalue weighted by atomic mass is 9.70. The Morgan fingerprint density at radius 2 is 1.83 bits per heavy atom. The molecule has 19 heteroatoms. The van der Waals surface area contributed by atoms with Gasteiger partial charge in [0.15, 0.2) is 33.9 Å². The van der Waals surface area contributed by atoms with E-state index in [9.17, 15) is 48.8 Å². The Balaban J connectivity index is 1.13. The minimum atomic E-state index is -1.77. The number of phenolic OH excluding ortho intramolecular Hbond substituents is 2. The molecule has 5 aliphatic rings. The highest BCUT2D eigenvalue weighted by Gasteiger charge is 2.57. The second-order valence-corrected chi connectivity index (χ2v) is 17.0. The number of amides is 2. The van der Waals surface area contributed by atoms with E-state index in [0.717, 1.165) is 62.4 Å². The summed E-state index contributed by atoms with van der Waals surface area (Å²) in [4.78, 5) is 74.9. The number of nitrogens with zero attached hydrogens (tertiary/aromatic N) is 4. The number of quaternary nitrogens is 1. The molecule has 2 aromatic rings. The van der Waals surface area contributed by atoms with Crippen LogP contribution >= 0.6 is 23.1 Å². The van der Waals surface area contributed by atoms with Gasteiger partial charge in [-0.1, -0.05) is 5.16 Å². The molecule has 0 unspecified atom stereocenters. The first-order valence-electron chi connectivity index (χ1n) is 16.9. The molecule has 2 amide bonds. The molecule has 284 valence electrons. The Kier molecular flexibility index (Phi) is 9.97. The van der Waals surface area contributed by atoms with E-state index in [1.54, 1.807) is 0 Å². The molecule has 3 atom stereocenters. The van der Waals surface area contributed by atoms with E-state index in [1.165, 1.54) is 35.9 Å². The highest BCUT2D eigenvalue weighted by molar-refractivity contribution is 8.00. The number of phenols is 2. The largest absolute Gasteiger partial charge is 0.504 e. The number of anilines is 1. The van der Waals surface area contributed by atoms with Crippen molar-refractivity contribution in [2.45, 2.75) is 62.7 Å². The number of Topliss-reactive ketones (excluding diaryl/α,β-unsaturated/α-hetero) is 1. The quantitative estimate of drug-likeness (QED) is 0.0564. The zero-order chi connectivity index (χ0) is 38.6. The number of piperidine rings is 3. The molecule has 0 radical (unpaired) electrons. The van der Waals surface area contributed by atoms with Crippen molar-refractivity contribution in [1.82, 2.24) is 15.2 Å². The maximum atomic E-state index is 13.9. The van der Waals surface area contributed by atoms with Crippen LogP contribution in [0.3, 0.4) is 0 Å². The molecule has 7 rings (SSSR count). The van der Waals surface area contributed by atoms with Crippen molar-refractivity contribution in [3.63, 3.8) is 0 Å². The van der Waals surface area contributed by atoms with E-state index in [2.05, 4.69) is 15.5 Å². The van der Waals surface area contributed by atoms with Gasteiger partial charge in [0.05, 0.1) is 30.9 Å². The van der Waals surface area contributed by atoms with Crippen LogP contribution in [0.25, 0.3) is 0 Å². The molecule has 7 N–H and O–H groups in total. The highest BCUT2D eigenvalue weighted by Crippen LogP contribution is 2.50. The lowest BCUT2D eigenvalue weighted by Gasteiger charge is -2.56. The number of nitrogen functional groups attached to an aromatic ring is 1. The monoisotopic (exact) mass is 775 g/mol. The van der Waals surface area contributed by atoms with E-state index in [1.807, 2.05) is 6.92 Å². The minimum absolute atomic E-state index is 0.0665. The molecule has 0 spiro atoms. The first-order valence-corrected chi connectivity index (χ1v) is 18.7. The summed E-state index contributed by atoms with van der Waals surface area (Å²) in [5, 5.41) is 46.4. The molecule has 5 aliphatic heterocycles. The Hall–Kier alpha value is -4.75. The van der Waals surface area contributed by atoms with Crippen LogP contribution in [-0.4, -0.2) is 119 Å². The Labute approximate surface area is 311 Å². The van der Waals surface area contributed by atoms with Crippen molar-refractivity contribution >= 4 is 63.5 Å². The number of nitrogens with one attached hydrogen (secondary N) is 1. The summed E-state index contributed by atoms with van der Waals surface area (Å²) in [6, 6.07) is 1.87. The van der Waals surface area contributed by atoms with Gasteiger partial charge in [0.25, 0.3) is 5.91 Å². The van der Waals surface area contributed by atoms with Gasteiger partial charge in [-0.05, 0) is 32.9 Å². The number of ketones is 1. The summed E-state index contributed by atoms with van der Waals surface area (Å²) in [6.45, 7) is 7.32. The number of rotatable bonds is 13. The van der Waals surface area contributed by atoms with Crippen LogP contribution in [0.2, 0.25) is 0 Å². The van der Waals surface area contributed by atoms with Gasteiger partial charge in [-0.3, -0.25) is 19.3 Å². The second-order valence-electron chi connectivity index (χ2n) is 14.6.